The molecule has 4 nitrogen and oxygen atoms in total. The fourth-order valence-corrected chi connectivity index (χ4v) is 3.22. The van der Waals surface area contributed by atoms with Gasteiger partial charge in [0.2, 0.25) is 5.91 Å². The highest BCUT2D eigenvalue weighted by Crippen LogP contribution is 2.15. The maximum atomic E-state index is 12.1. The molecule has 0 aliphatic carbocycles. The van der Waals surface area contributed by atoms with E-state index in [1.54, 1.807) is 7.11 Å². The van der Waals surface area contributed by atoms with Crippen molar-refractivity contribution >= 4 is 5.91 Å². The molecular formula is C17H34N2O2. The van der Waals surface area contributed by atoms with Crippen LogP contribution in [0.4, 0.5) is 0 Å². The van der Waals surface area contributed by atoms with E-state index >= 15 is 0 Å². The number of methoxy groups -OCH3 is 1. The zero-order valence-corrected chi connectivity index (χ0v) is 14.4. The van der Waals surface area contributed by atoms with Gasteiger partial charge in [-0.2, -0.15) is 0 Å². The van der Waals surface area contributed by atoms with E-state index in [0.29, 0.717) is 24.3 Å². The number of likely N-dealkylation sites (tertiary alicyclic amines) is 1. The number of carbonyl (C=O) groups is 1. The van der Waals surface area contributed by atoms with Gasteiger partial charge in [0.05, 0.1) is 0 Å². The first-order valence-electron chi connectivity index (χ1n) is 8.52. The molecule has 0 radical (unpaired) electrons. The Hall–Kier alpha value is -0.610. The summed E-state index contributed by atoms with van der Waals surface area (Å²) in [7, 11) is 1.75. The van der Waals surface area contributed by atoms with Gasteiger partial charge in [0.15, 0.2) is 0 Å². The van der Waals surface area contributed by atoms with Crippen LogP contribution in [0.15, 0.2) is 0 Å². The van der Waals surface area contributed by atoms with Gasteiger partial charge in [-0.3, -0.25) is 4.79 Å². The van der Waals surface area contributed by atoms with Gasteiger partial charge in [-0.25, -0.2) is 0 Å². The van der Waals surface area contributed by atoms with E-state index in [4.69, 9.17) is 4.74 Å². The number of hydrogen-bond acceptors (Lipinski definition) is 3. The minimum absolute atomic E-state index is 0.237. The molecule has 1 heterocycles. The van der Waals surface area contributed by atoms with Gasteiger partial charge in [0.25, 0.3) is 0 Å². The molecule has 1 aliphatic heterocycles. The quantitative estimate of drug-likeness (QED) is 0.665. The van der Waals surface area contributed by atoms with Crippen LogP contribution in [0, 0.1) is 11.8 Å². The number of nitrogens with one attached hydrogen (secondary N) is 1. The number of carbonyl (C=O) groups excluding carboxylic acids is 1. The van der Waals surface area contributed by atoms with Crippen LogP contribution >= 0.6 is 0 Å². The van der Waals surface area contributed by atoms with E-state index in [2.05, 4.69) is 31.0 Å². The van der Waals surface area contributed by atoms with E-state index in [9.17, 15) is 4.79 Å². The molecule has 1 fully saturated rings. The molecule has 4 heteroatoms. The third-order valence-corrected chi connectivity index (χ3v) is 4.18. The van der Waals surface area contributed by atoms with Crippen LogP contribution < -0.4 is 5.32 Å². The number of hydrogen-bond donors (Lipinski definition) is 1. The summed E-state index contributed by atoms with van der Waals surface area (Å²) in [5.74, 6) is 1.39. The van der Waals surface area contributed by atoms with Crippen LogP contribution in [0.3, 0.4) is 0 Å². The zero-order chi connectivity index (χ0) is 15.7. The van der Waals surface area contributed by atoms with Crippen LogP contribution in [-0.2, 0) is 9.53 Å². The molecule has 1 saturated heterocycles. The summed E-state index contributed by atoms with van der Waals surface area (Å²) in [4.78, 5) is 14.5. The number of amides is 1. The Bertz CT molecular complexity index is 287. The first kappa shape index (κ1) is 18.4. The average molecular weight is 298 g/mol. The van der Waals surface area contributed by atoms with Crippen LogP contribution in [0.5, 0.6) is 0 Å². The van der Waals surface area contributed by atoms with E-state index in [1.165, 1.54) is 0 Å². The second-order valence-electron chi connectivity index (χ2n) is 6.97. The van der Waals surface area contributed by atoms with Gasteiger partial charge >= 0.3 is 0 Å². The van der Waals surface area contributed by atoms with Gasteiger partial charge in [-0.15, -0.1) is 0 Å². The van der Waals surface area contributed by atoms with Crippen molar-refractivity contribution in [3.63, 3.8) is 0 Å². The van der Waals surface area contributed by atoms with Gasteiger partial charge in [-0.05, 0) is 37.5 Å². The number of nitrogens with zero attached hydrogens (tertiary/aromatic N) is 1. The molecule has 0 aromatic heterocycles. The second-order valence-corrected chi connectivity index (χ2v) is 6.97. The second kappa shape index (κ2) is 10.2. The molecule has 1 unspecified atom stereocenters. The molecule has 1 aliphatic rings. The SMILES string of the molecule is COCCCN1CCC(NC(=O)CC(C)CC(C)C)CC1. The summed E-state index contributed by atoms with van der Waals surface area (Å²) < 4.78 is 5.09. The standard InChI is InChI=1S/C17H34N2O2/c1-14(2)12-15(3)13-17(20)18-16-6-9-19(10-7-16)8-5-11-21-4/h14-16H,5-13H2,1-4H3,(H,18,20). The summed E-state index contributed by atoms with van der Waals surface area (Å²) in [6, 6.07) is 0.377. The van der Waals surface area contributed by atoms with Crippen molar-refractivity contribution in [2.45, 2.75) is 58.9 Å². The lowest BCUT2D eigenvalue weighted by Gasteiger charge is -2.32. The van der Waals surface area contributed by atoms with Crippen molar-refractivity contribution in [3.8, 4) is 0 Å². The molecule has 0 aromatic carbocycles. The van der Waals surface area contributed by atoms with Crippen molar-refractivity contribution in [2.24, 2.45) is 11.8 Å². The van der Waals surface area contributed by atoms with Crippen molar-refractivity contribution < 1.29 is 9.53 Å². The fourth-order valence-electron chi connectivity index (χ4n) is 3.22. The maximum absolute atomic E-state index is 12.1. The predicted molar refractivity (Wildman–Crippen MR) is 87.3 cm³/mol. The number of rotatable bonds is 9. The summed E-state index contributed by atoms with van der Waals surface area (Å²) in [5, 5.41) is 3.22. The largest absolute Gasteiger partial charge is 0.385 e. The Morgan fingerprint density at radius 1 is 1.29 bits per heavy atom. The molecular weight excluding hydrogens is 264 g/mol. The van der Waals surface area contributed by atoms with Crippen molar-refractivity contribution in [2.75, 3.05) is 33.4 Å². The lowest BCUT2D eigenvalue weighted by atomic mass is 9.95. The highest BCUT2D eigenvalue weighted by Gasteiger charge is 2.21. The lowest BCUT2D eigenvalue weighted by molar-refractivity contribution is -0.123. The number of piperidine rings is 1. The first-order valence-corrected chi connectivity index (χ1v) is 8.52. The molecule has 21 heavy (non-hydrogen) atoms. The average Bonchev–Trinajstić information content (AvgIpc) is 2.39. The van der Waals surface area contributed by atoms with Crippen molar-refractivity contribution in [3.05, 3.63) is 0 Å². The van der Waals surface area contributed by atoms with E-state index in [-0.39, 0.29) is 5.91 Å². The van der Waals surface area contributed by atoms with Crippen LogP contribution in [0.2, 0.25) is 0 Å². The Labute approximate surface area is 130 Å². The van der Waals surface area contributed by atoms with Crippen LogP contribution in [-0.4, -0.2) is 50.2 Å². The Balaban J connectivity index is 2.15. The smallest absolute Gasteiger partial charge is 0.220 e. The van der Waals surface area contributed by atoms with Crippen molar-refractivity contribution in [1.82, 2.24) is 10.2 Å². The molecule has 124 valence electrons. The highest BCUT2D eigenvalue weighted by atomic mass is 16.5. The summed E-state index contributed by atoms with van der Waals surface area (Å²) in [5.41, 5.74) is 0. The van der Waals surface area contributed by atoms with E-state index < -0.39 is 0 Å². The Morgan fingerprint density at radius 2 is 1.95 bits per heavy atom. The molecule has 1 amide bonds. The van der Waals surface area contributed by atoms with Gasteiger partial charge < -0.3 is 15.0 Å². The Kier molecular flexibility index (Phi) is 8.93. The highest BCUT2D eigenvalue weighted by molar-refractivity contribution is 5.76. The summed E-state index contributed by atoms with van der Waals surface area (Å²) in [6.07, 6.45) is 5.06. The van der Waals surface area contributed by atoms with Crippen LogP contribution in [0.25, 0.3) is 0 Å². The fraction of sp³-hybridized carbons (Fsp3) is 0.941. The van der Waals surface area contributed by atoms with Gasteiger partial charge in [0, 0.05) is 45.8 Å². The van der Waals surface area contributed by atoms with Crippen LogP contribution in [0.1, 0.15) is 52.9 Å². The summed E-state index contributed by atoms with van der Waals surface area (Å²) >= 11 is 0. The van der Waals surface area contributed by atoms with Gasteiger partial charge in [-0.1, -0.05) is 20.8 Å². The molecule has 0 bridgehead atoms. The van der Waals surface area contributed by atoms with E-state index in [0.717, 1.165) is 51.9 Å². The topological polar surface area (TPSA) is 41.6 Å². The Morgan fingerprint density at radius 3 is 2.52 bits per heavy atom. The lowest BCUT2D eigenvalue weighted by Crippen LogP contribution is -2.45. The molecule has 0 spiro atoms. The maximum Gasteiger partial charge on any atom is 0.220 e. The van der Waals surface area contributed by atoms with Crippen molar-refractivity contribution in [1.29, 1.82) is 0 Å². The van der Waals surface area contributed by atoms with E-state index in [1.807, 2.05) is 0 Å². The third kappa shape index (κ3) is 8.42. The normalized spacial score (nSPS) is 18.9. The minimum atomic E-state index is 0.237. The molecule has 0 saturated carbocycles. The minimum Gasteiger partial charge on any atom is -0.385 e. The predicted octanol–water partition coefficient (Wildman–Crippen LogP) is 2.68. The van der Waals surface area contributed by atoms with Gasteiger partial charge in [0.1, 0.15) is 0 Å². The monoisotopic (exact) mass is 298 g/mol. The molecule has 1 N–H and O–H groups in total. The molecule has 0 aromatic rings. The summed E-state index contributed by atoms with van der Waals surface area (Å²) in [6.45, 7) is 10.7. The zero-order valence-electron chi connectivity index (χ0n) is 14.4. The number of ether oxygens (including phenoxy) is 1. The third-order valence-electron chi connectivity index (χ3n) is 4.18. The molecule has 1 rings (SSSR count). The first-order chi connectivity index (χ1) is 10.0. The molecule has 1 atom stereocenters.